The summed E-state index contributed by atoms with van der Waals surface area (Å²) in [7, 11) is 0. The second-order valence-electron chi connectivity index (χ2n) is 23.4. The van der Waals surface area contributed by atoms with Crippen LogP contribution < -0.4 is 31.1 Å². The van der Waals surface area contributed by atoms with Crippen LogP contribution in [0.3, 0.4) is 0 Å². The van der Waals surface area contributed by atoms with Gasteiger partial charge in [0.25, 0.3) is 6.71 Å². The molecule has 1 saturated carbocycles. The van der Waals surface area contributed by atoms with E-state index < -0.39 is 0 Å². The standard InChI is InChI=1S/C65H62BN3O/c1-41-34-57-61-58(35-41)68(47-26-28-50-49-22-13-14-23-59(49)70-60(50)40-47)56-39-48(69-54-31-24-43(42-18-11-10-12-19-42)36-51(54)64(8)32-15-16-33-65(64,69)9)27-30-53(56)66(61)52-29-25-45(63(5,6)7)38-55(52)67(57)46-21-17-20-44(37-46)62(2,3)4/h10-14,17-31,34-40H,15-16,32-33H2,1-9H3. The first kappa shape index (κ1) is 43.1. The Morgan fingerprint density at radius 3 is 1.89 bits per heavy atom. The van der Waals surface area contributed by atoms with Crippen molar-refractivity contribution in [1.29, 1.82) is 0 Å². The molecule has 9 aromatic rings. The van der Waals surface area contributed by atoms with Crippen LogP contribution in [0.25, 0.3) is 33.1 Å². The van der Waals surface area contributed by atoms with E-state index in [4.69, 9.17) is 4.42 Å². The molecule has 1 fully saturated rings. The minimum atomic E-state index is -0.117. The summed E-state index contributed by atoms with van der Waals surface area (Å²) in [5.41, 5.74) is 23.3. The maximum atomic E-state index is 6.69. The molecule has 8 aromatic carbocycles. The Balaban J connectivity index is 1.08. The molecule has 3 aliphatic heterocycles. The molecule has 0 spiro atoms. The molecule has 0 saturated heterocycles. The maximum Gasteiger partial charge on any atom is 0.252 e. The molecule has 0 bridgehead atoms. The van der Waals surface area contributed by atoms with Crippen molar-refractivity contribution in [1.82, 2.24) is 0 Å². The minimum Gasteiger partial charge on any atom is -0.456 e. The van der Waals surface area contributed by atoms with Crippen molar-refractivity contribution in [3.05, 3.63) is 186 Å². The summed E-state index contributed by atoms with van der Waals surface area (Å²) in [5, 5.41) is 2.28. The monoisotopic (exact) mass is 911 g/mol. The number of para-hydroxylation sites is 1. The van der Waals surface area contributed by atoms with Crippen LogP contribution in [0.5, 0.6) is 0 Å². The average Bonchev–Trinajstić information content (AvgIpc) is 3.82. The Morgan fingerprint density at radius 1 is 0.486 bits per heavy atom. The molecule has 4 heterocycles. The number of nitrogens with zero attached hydrogens (tertiary/aromatic N) is 3. The Hall–Kier alpha value is -6.98. The first-order chi connectivity index (χ1) is 33.6. The molecule has 1 aromatic heterocycles. The molecule has 0 N–H and O–H groups in total. The number of furan rings is 1. The van der Waals surface area contributed by atoms with E-state index in [0.717, 1.165) is 34.0 Å². The van der Waals surface area contributed by atoms with Crippen LogP contribution >= 0.6 is 0 Å². The highest BCUT2D eigenvalue weighted by atomic mass is 16.3. The zero-order valence-electron chi connectivity index (χ0n) is 42.2. The minimum absolute atomic E-state index is 0.00160. The van der Waals surface area contributed by atoms with E-state index in [9.17, 15) is 0 Å². The predicted octanol–water partition coefficient (Wildman–Crippen LogP) is 16.0. The zero-order valence-corrected chi connectivity index (χ0v) is 42.2. The van der Waals surface area contributed by atoms with E-state index in [2.05, 4.69) is 241 Å². The van der Waals surface area contributed by atoms with Gasteiger partial charge in [0.15, 0.2) is 0 Å². The van der Waals surface area contributed by atoms with Crippen LogP contribution in [0.15, 0.2) is 168 Å². The van der Waals surface area contributed by atoms with Gasteiger partial charge in [-0.2, -0.15) is 0 Å². The molecular weight excluding hydrogens is 850 g/mol. The number of hydrogen-bond donors (Lipinski definition) is 0. The Labute approximate surface area is 414 Å². The van der Waals surface area contributed by atoms with Crippen molar-refractivity contribution in [2.75, 3.05) is 14.7 Å². The maximum absolute atomic E-state index is 6.69. The third-order valence-corrected chi connectivity index (χ3v) is 17.1. The normalized spacial score (nSPS) is 19.3. The zero-order chi connectivity index (χ0) is 48.1. The molecule has 4 nitrogen and oxygen atoms in total. The highest BCUT2D eigenvalue weighted by Crippen LogP contribution is 2.62. The van der Waals surface area contributed by atoms with Gasteiger partial charge in [-0.25, -0.2) is 0 Å². The molecule has 5 heteroatoms. The van der Waals surface area contributed by atoms with Gasteiger partial charge in [-0.05, 0) is 160 Å². The van der Waals surface area contributed by atoms with E-state index in [-0.39, 0.29) is 28.5 Å². The summed E-state index contributed by atoms with van der Waals surface area (Å²) in [6.45, 7) is 21.4. The van der Waals surface area contributed by atoms with Crippen LogP contribution in [0.4, 0.5) is 45.5 Å². The lowest BCUT2D eigenvalue weighted by Crippen LogP contribution is -2.61. The van der Waals surface area contributed by atoms with Gasteiger partial charge < -0.3 is 19.1 Å². The lowest BCUT2D eigenvalue weighted by molar-refractivity contribution is 0.195. The fraction of sp³-hybridized carbons (Fsp3) is 0.262. The smallest absolute Gasteiger partial charge is 0.252 e. The molecule has 4 aliphatic rings. The van der Waals surface area contributed by atoms with Crippen LogP contribution in [0.2, 0.25) is 0 Å². The van der Waals surface area contributed by atoms with Gasteiger partial charge >= 0.3 is 0 Å². The van der Waals surface area contributed by atoms with Gasteiger partial charge in [0.2, 0.25) is 0 Å². The van der Waals surface area contributed by atoms with E-state index in [1.165, 1.54) is 109 Å². The van der Waals surface area contributed by atoms with Gasteiger partial charge in [0.05, 0.1) is 5.54 Å². The van der Waals surface area contributed by atoms with Gasteiger partial charge in [0, 0.05) is 67.8 Å². The number of benzene rings is 8. The van der Waals surface area contributed by atoms with E-state index in [1.807, 2.05) is 0 Å². The summed E-state index contributed by atoms with van der Waals surface area (Å²) in [5.74, 6) is 0. The first-order valence-corrected chi connectivity index (χ1v) is 25.7. The lowest BCUT2D eigenvalue weighted by Gasteiger charge is -2.50. The van der Waals surface area contributed by atoms with Crippen LogP contribution in [-0.4, -0.2) is 12.3 Å². The fourth-order valence-corrected chi connectivity index (χ4v) is 13.2. The Bertz CT molecular complexity index is 3610. The molecule has 13 rings (SSSR count). The summed E-state index contributed by atoms with van der Waals surface area (Å²) in [4.78, 5) is 7.91. The molecular formula is C65H62BN3O. The summed E-state index contributed by atoms with van der Waals surface area (Å²) in [6, 6.07) is 62.5. The highest BCUT2D eigenvalue weighted by Gasteiger charge is 2.58. The van der Waals surface area contributed by atoms with Gasteiger partial charge in [0.1, 0.15) is 11.2 Å². The number of fused-ring (bicyclic) bond motifs is 10. The van der Waals surface area contributed by atoms with Gasteiger partial charge in [-0.15, -0.1) is 0 Å². The first-order valence-electron chi connectivity index (χ1n) is 25.7. The molecule has 0 radical (unpaired) electrons. The van der Waals surface area contributed by atoms with Crippen molar-refractivity contribution >= 4 is 90.5 Å². The summed E-state index contributed by atoms with van der Waals surface area (Å²) in [6.07, 6.45) is 4.76. The van der Waals surface area contributed by atoms with Crippen LogP contribution in [0, 0.1) is 6.92 Å². The van der Waals surface area contributed by atoms with Crippen molar-refractivity contribution in [2.45, 2.75) is 110 Å². The number of hydrogen-bond acceptors (Lipinski definition) is 4. The summed E-state index contributed by atoms with van der Waals surface area (Å²) >= 11 is 0. The van der Waals surface area contributed by atoms with Crippen LogP contribution in [-0.2, 0) is 16.2 Å². The topological polar surface area (TPSA) is 22.9 Å². The third-order valence-electron chi connectivity index (χ3n) is 17.1. The number of rotatable bonds is 4. The number of anilines is 8. The highest BCUT2D eigenvalue weighted by molar-refractivity contribution is 7.00. The van der Waals surface area contributed by atoms with E-state index >= 15 is 0 Å². The predicted molar refractivity (Wildman–Crippen MR) is 298 cm³/mol. The van der Waals surface area contributed by atoms with Crippen molar-refractivity contribution < 1.29 is 4.42 Å². The van der Waals surface area contributed by atoms with Crippen molar-refractivity contribution in [3.63, 3.8) is 0 Å². The summed E-state index contributed by atoms with van der Waals surface area (Å²) < 4.78 is 6.69. The number of aryl methyl sites for hydroxylation is 1. The second kappa shape index (κ2) is 15.0. The molecule has 2 unspecified atom stereocenters. The largest absolute Gasteiger partial charge is 0.456 e. The van der Waals surface area contributed by atoms with Crippen molar-refractivity contribution in [2.24, 2.45) is 0 Å². The van der Waals surface area contributed by atoms with Crippen LogP contribution in [0.1, 0.15) is 103 Å². The van der Waals surface area contributed by atoms with Gasteiger partial charge in [-0.1, -0.05) is 146 Å². The fourth-order valence-electron chi connectivity index (χ4n) is 13.2. The SMILES string of the molecule is Cc1cc2c3c(c1)N(c1cccc(C(C)(C)C)c1)c1cc(C(C)(C)C)ccc1B3c1ccc(N3c4ccc(-c5ccccc5)cc4C4(C)CCCCC34C)cc1N2c1ccc2c(c1)oc1ccccc12. The molecule has 346 valence electrons. The molecule has 70 heavy (non-hydrogen) atoms. The second-order valence-corrected chi connectivity index (χ2v) is 23.4. The van der Waals surface area contributed by atoms with E-state index in [0.29, 0.717) is 0 Å². The third kappa shape index (κ3) is 6.22. The molecule has 0 amide bonds. The van der Waals surface area contributed by atoms with Gasteiger partial charge in [-0.3, -0.25) is 0 Å². The molecule has 2 atom stereocenters. The molecule has 1 aliphatic carbocycles. The Morgan fingerprint density at radius 2 is 1.13 bits per heavy atom. The van der Waals surface area contributed by atoms with E-state index in [1.54, 1.807) is 0 Å². The lowest BCUT2D eigenvalue weighted by atomic mass is 9.33. The van der Waals surface area contributed by atoms with Crippen molar-refractivity contribution in [3.8, 4) is 11.1 Å². The Kier molecular flexibility index (Phi) is 9.24. The quantitative estimate of drug-likeness (QED) is 0.164. The average molecular weight is 912 g/mol.